The number of carbonyl (C=O) groups is 1. The first kappa shape index (κ1) is 12.9. The molecule has 0 heterocycles. The van der Waals surface area contributed by atoms with Gasteiger partial charge in [0.15, 0.2) is 5.78 Å². The van der Waals surface area contributed by atoms with E-state index in [2.05, 4.69) is 19.1 Å². The Morgan fingerprint density at radius 3 is 2.06 bits per heavy atom. The van der Waals surface area contributed by atoms with Crippen LogP contribution in [0.4, 0.5) is 0 Å². The number of hydrogen-bond acceptors (Lipinski definition) is 2. The first-order valence-corrected chi connectivity index (χ1v) is 5.67. The van der Waals surface area contributed by atoms with Crippen LogP contribution in [0.5, 0.6) is 0 Å². The Morgan fingerprint density at radius 1 is 1.12 bits per heavy atom. The molecule has 0 atom stereocenters. The van der Waals surface area contributed by atoms with Crippen molar-refractivity contribution in [3.05, 3.63) is 34.4 Å². The Hall–Kier alpha value is -1.15. The molecule has 0 aliphatic heterocycles. The van der Waals surface area contributed by atoms with E-state index in [-0.39, 0.29) is 5.78 Å². The molecule has 2 nitrogen and oxygen atoms in total. The van der Waals surface area contributed by atoms with Gasteiger partial charge in [-0.25, -0.2) is 0 Å². The number of Topliss-reactive ketones (excluding diaryl/α,β-unsaturated/α-hetero) is 1. The highest BCUT2D eigenvalue weighted by atomic mass is 16.1. The fourth-order valence-electron chi connectivity index (χ4n) is 2.07. The first-order chi connectivity index (χ1) is 7.41. The number of hydrogen-bond donors (Lipinski definition) is 0. The zero-order valence-electron chi connectivity index (χ0n) is 10.9. The molecular weight excluding hydrogens is 198 g/mol. The van der Waals surface area contributed by atoms with E-state index in [4.69, 9.17) is 0 Å². The molecule has 0 amide bonds. The van der Waals surface area contributed by atoms with Crippen LogP contribution in [-0.2, 0) is 0 Å². The molecule has 0 bridgehead atoms. The number of benzene rings is 1. The lowest BCUT2D eigenvalue weighted by molar-refractivity contribution is 0.0971. The maximum atomic E-state index is 12.1. The van der Waals surface area contributed by atoms with E-state index in [1.54, 1.807) is 0 Å². The van der Waals surface area contributed by atoms with Gasteiger partial charge in [0.05, 0.1) is 0 Å². The lowest BCUT2D eigenvalue weighted by Gasteiger charge is -2.12. The van der Waals surface area contributed by atoms with Crippen molar-refractivity contribution in [1.82, 2.24) is 4.90 Å². The van der Waals surface area contributed by atoms with Crippen molar-refractivity contribution in [1.29, 1.82) is 0 Å². The number of rotatable bonds is 4. The van der Waals surface area contributed by atoms with Gasteiger partial charge in [-0.2, -0.15) is 0 Å². The third-order valence-electron chi connectivity index (χ3n) is 2.74. The molecule has 0 spiro atoms. The Morgan fingerprint density at radius 2 is 1.62 bits per heavy atom. The van der Waals surface area contributed by atoms with Crippen molar-refractivity contribution in [2.24, 2.45) is 0 Å². The lowest BCUT2D eigenvalue weighted by Crippen LogP contribution is -2.17. The van der Waals surface area contributed by atoms with Gasteiger partial charge in [-0.3, -0.25) is 4.79 Å². The number of nitrogens with zero attached hydrogens (tertiary/aromatic N) is 1. The smallest absolute Gasteiger partial charge is 0.164 e. The second-order valence-corrected chi connectivity index (χ2v) is 4.75. The summed E-state index contributed by atoms with van der Waals surface area (Å²) in [6.45, 7) is 6.91. The van der Waals surface area contributed by atoms with Gasteiger partial charge < -0.3 is 4.90 Å². The van der Waals surface area contributed by atoms with Gasteiger partial charge in [0.25, 0.3) is 0 Å². The van der Waals surface area contributed by atoms with Crippen LogP contribution in [0, 0.1) is 20.8 Å². The molecule has 88 valence electrons. The maximum Gasteiger partial charge on any atom is 0.164 e. The summed E-state index contributed by atoms with van der Waals surface area (Å²) in [7, 11) is 3.98. The number of ketones is 1. The van der Waals surface area contributed by atoms with Crippen LogP contribution >= 0.6 is 0 Å². The van der Waals surface area contributed by atoms with Crippen molar-refractivity contribution in [3.8, 4) is 0 Å². The zero-order chi connectivity index (χ0) is 12.3. The molecule has 0 aromatic heterocycles. The van der Waals surface area contributed by atoms with E-state index in [0.717, 1.165) is 23.2 Å². The van der Waals surface area contributed by atoms with Crippen LogP contribution in [0.3, 0.4) is 0 Å². The summed E-state index contributed by atoms with van der Waals surface area (Å²) in [4.78, 5) is 14.1. The van der Waals surface area contributed by atoms with Crippen LogP contribution in [0.2, 0.25) is 0 Å². The third-order valence-corrected chi connectivity index (χ3v) is 2.74. The summed E-state index contributed by atoms with van der Waals surface area (Å²) >= 11 is 0. The number of carbonyl (C=O) groups excluding carboxylic acids is 1. The molecule has 0 saturated heterocycles. The van der Waals surface area contributed by atoms with E-state index in [9.17, 15) is 4.79 Å². The van der Waals surface area contributed by atoms with E-state index in [1.165, 1.54) is 5.56 Å². The van der Waals surface area contributed by atoms with Gasteiger partial charge in [-0.1, -0.05) is 17.7 Å². The second-order valence-electron chi connectivity index (χ2n) is 4.75. The average molecular weight is 219 g/mol. The molecule has 0 unspecified atom stereocenters. The topological polar surface area (TPSA) is 20.3 Å². The van der Waals surface area contributed by atoms with Gasteiger partial charge in [-0.05, 0) is 46.0 Å². The van der Waals surface area contributed by atoms with Crippen molar-refractivity contribution >= 4 is 5.78 Å². The van der Waals surface area contributed by atoms with E-state index in [0.29, 0.717) is 6.42 Å². The summed E-state index contributed by atoms with van der Waals surface area (Å²) in [5, 5.41) is 0. The molecule has 0 fully saturated rings. The first-order valence-electron chi connectivity index (χ1n) is 5.67. The van der Waals surface area contributed by atoms with Crippen molar-refractivity contribution in [2.75, 3.05) is 20.6 Å². The van der Waals surface area contributed by atoms with E-state index in [1.807, 2.05) is 32.8 Å². The molecule has 16 heavy (non-hydrogen) atoms. The highest BCUT2D eigenvalue weighted by molar-refractivity contribution is 5.99. The van der Waals surface area contributed by atoms with E-state index < -0.39 is 0 Å². The maximum absolute atomic E-state index is 12.1. The second kappa shape index (κ2) is 5.26. The molecule has 0 radical (unpaired) electrons. The Kier molecular flexibility index (Phi) is 4.25. The minimum Gasteiger partial charge on any atom is -0.309 e. The zero-order valence-corrected chi connectivity index (χ0v) is 10.9. The molecule has 1 aromatic rings. The molecule has 0 aliphatic carbocycles. The highest BCUT2D eigenvalue weighted by Gasteiger charge is 2.12. The molecule has 1 aromatic carbocycles. The van der Waals surface area contributed by atoms with Crippen LogP contribution in [0.15, 0.2) is 12.1 Å². The van der Waals surface area contributed by atoms with Crippen LogP contribution in [0.1, 0.15) is 33.5 Å². The predicted octanol–water partition coefficient (Wildman–Crippen LogP) is 2.75. The summed E-state index contributed by atoms with van der Waals surface area (Å²) in [5.74, 6) is 0.253. The summed E-state index contributed by atoms with van der Waals surface area (Å²) < 4.78 is 0. The predicted molar refractivity (Wildman–Crippen MR) is 68.2 cm³/mol. The Balaban J connectivity index is 2.91. The SMILES string of the molecule is Cc1cc(C)c(C(=O)CCN(C)C)c(C)c1. The molecule has 2 heteroatoms. The lowest BCUT2D eigenvalue weighted by atomic mass is 9.95. The fourth-order valence-corrected chi connectivity index (χ4v) is 2.07. The molecule has 0 N–H and O–H groups in total. The Bertz CT molecular complexity index is 371. The van der Waals surface area contributed by atoms with Crippen molar-refractivity contribution in [3.63, 3.8) is 0 Å². The standard InChI is InChI=1S/C14H21NO/c1-10-8-11(2)14(12(3)9-10)13(16)6-7-15(4)5/h8-9H,6-7H2,1-5H3. The Labute approximate surface area is 98.3 Å². The molecule has 0 saturated carbocycles. The van der Waals surface area contributed by atoms with Gasteiger partial charge in [0.1, 0.15) is 0 Å². The normalized spacial score (nSPS) is 10.9. The monoisotopic (exact) mass is 219 g/mol. The van der Waals surface area contributed by atoms with Crippen LogP contribution in [0.25, 0.3) is 0 Å². The van der Waals surface area contributed by atoms with Gasteiger partial charge in [-0.15, -0.1) is 0 Å². The largest absolute Gasteiger partial charge is 0.309 e. The van der Waals surface area contributed by atoms with Crippen molar-refractivity contribution in [2.45, 2.75) is 27.2 Å². The quantitative estimate of drug-likeness (QED) is 0.726. The van der Waals surface area contributed by atoms with Gasteiger partial charge in [0, 0.05) is 18.5 Å². The minimum absolute atomic E-state index is 0.253. The molecule has 0 aliphatic rings. The van der Waals surface area contributed by atoms with Crippen LogP contribution < -0.4 is 0 Å². The highest BCUT2D eigenvalue weighted by Crippen LogP contribution is 2.18. The summed E-state index contributed by atoms with van der Waals surface area (Å²) in [6, 6.07) is 4.16. The number of aryl methyl sites for hydroxylation is 3. The third kappa shape index (κ3) is 3.17. The fraction of sp³-hybridized carbons (Fsp3) is 0.500. The minimum atomic E-state index is 0.253. The summed E-state index contributed by atoms with van der Waals surface area (Å²) in [5.41, 5.74) is 4.33. The van der Waals surface area contributed by atoms with Gasteiger partial charge >= 0.3 is 0 Å². The van der Waals surface area contributed by atoms with Gasteiger partial charge in [0.2, 0.25) is 0 Å². The van der Waals surface area contributed by atoms with Crippen LogP contribution in [-0.4, -0.2) is 31.3 Å². The summed E-state index contributed by atoms with van der Waals surface area (Å²) in [6.07, 6.45) is 0.595. The molecular formula is C14H21NO. The molecule has 1 rings (SSSR count). The van der Waals surface area contributed by atoms with E-state index >= 15 is 0 Å². The van der Waals surface area contributed by atoms with Crippen molar-refractivity contribution < 1.29 is 4.79 Å². The average Bonchev–Trinajstić information content (AvgIpc) is 2.12.